The van der Waals surface area contributed by atoms with Crippen molar-refractivity contribution in [2.75, 3.05) is 29.6 Å². The third-order valence-electron chi connectivity index (χ3n) is 4.85. The Balaban J connectivity index is 1.56. The molecule has 0 spiro atoms. The van der Waals surface area contributed by atoms with Crippen LogP contribution in [0, 0.1) is 6.92 Å². The quantitative estimate of drug-likeness (QED) is 0.475. The van der Waals surface area contributed by atoms with Gasteiger partial charge in [-0.1, -0.05) is 18.2 Å². The number of carbonyl (C=O) groups is 1. The van der Waals surface area contributed by atoms with Crippen LogP contribution in [0.1, 0.15) is 15.9 Å². The molecule has 0 atom stereocenters. The van der Waals surface area contributed by atoms with Gasteiger partial charge in [0.15, 0.2) is 0 Å². The number of aryl methyl sites for hydroxylation is 1. The molecule has 2 N–H and O–H groups in total. The minimum Gasteiger partial charge on any atom is -0.377 e. The van der Waals surface area contributed by atoms with E-state index in [1.807, 2.05) is 68.4 Å². The third kappa shape index (κ3) is 4.70. The Kier molecular flexibility index (Phi) is 6.03. The van der Waals surface area contributed by atoms with E-state index < -0.39 is 0 Å². The molecule has 0 unspecified atom stereocenters. The maximum atomic E-state index is 12.9. The van der Waals surface area contributed by atoms with Gasteiger partial charge in [-0.2, -0.15) is 0 Å². The smallest absolute Gasteiger partial charge is 0.257 e. The molecule has 2 aromatic carbocycles. The summed E-state index contributed by atoms with van der Waals surface area (Å²) in [5, 5.41) is 6.21. The average Bonchev–Trinajstić information content (AvgIpc) is 2.82. The van der Waals surface area contributed by atoms with Crippen LogP contribution in [0.3, 0.4) is 0 Å². The number of benzene rings is 2. The van der Waals surface area contributed by atoms with Gasteiger partial charge in [0.25, 0.3) is 5.91 Å². The van der Waals surface area contributed by atoms with Crippen LogP contribution in [0.2, 0.25) is 0 Å². The lowest BCUT2D eigenvalue weighted by molar-refractivity contribution is 0.102. The molecule has 1 amide bonds. The fourth-order valence-corrected chi connectivity index (χ4v) is 3.20. The van der Waals surface area contributed by atoms with E-state index >= 15 is 0 Å². The molecular weight excluding hydrogens is 402 g/mol. The SMILES string of the molecule is Cc1ccc(NC(=O)c2ccccc2N(C)C)cc1Nc1nccc(-c2cnccn2)n1. The monoisotopic (exact) mass is 425 g/mol. The summed E-state index contributed by atoms with van der Waals surface area (Å²) >= 11 is 0. The van der Waals surface area contributed by atoms with Gasteiger partial charge in [0.2, 0.25) is 5.95 Å². The van der Waals surface area contributed by atoms with Gasteiger partial charge in [-0.25, -0.2) is 9.97 Å². The number of hydrogen-bond acceptors (Lipinski definition) is 7. The number of aromatic nitrogens is 4. The Bertz CT molecular complexity index is 1240. The second kappa shape index (κ2) is 9.22. The molecule has 8 heteroatoms. The largest absolute Gasteiger partial charge is 0.377 e. The molecule has 0 aliphatic heterocycles. The topological polar surface area (TPSA) is 95.9 Å². The highest BCUT2D eigenvalue weighted by molar-refractivity contribution is 6.08. The second-order valence-electron chi connectivity index (χ2n) is 7.38. The normalized spacial score (nSPS) is 10.5. The molecule has 0 aliphatic rings. The zero-order chi connectivity index (χ0) is 22.5. The van der Waals surface area contributed by atoms with E-state index in [4.69, 9.17) is 0 Å². The first-order valence-electron chi connectivity index (χ1n) is 10.1. The number of nitrogens with zero attached hydrogens (tertiary/aromatic N) is 5. The van der Waals surface area contributed by atoms with Crippen molar-refractivity contribution in [1.82, 2.24) is 19.9 Å². The maximum absolute atomic E-state index is 12.9. The second-order valence-corrected chi connectivity index (χ2v) is 7.38. The Morgan fingerprint density at radius 2 is 1.78 bits per heavy atom. The van der Waals surface area contributed by atoms with Gasteiger partial charge < -0.3 is 15.5 Å². The fourth-order valence-electron chi connectivity index (χ4n) is 3.20. The van der Waals surface area contributed by atoms with E-state index in [-0.39, 0.29) is 5.91 Å². The molecule has 32 heavy (non-hydrogen) atoms. The number of rotatable bonds is 6. The van der Waals surface area contributed by atoms with Crippen molar-refractivity contribution in [2.24, 2.45) is 0 Å². The Hall–Kier alpha value is -4.33. The summed E-state index contributed by atoms with van der Waals surface area (Å²) in [5.41, 5.74) is 5.23. The first-order valence-corrected chi connectivity index (χ1v) is 10.1. The molecule has 2 aromatic heterocycles. The highest BCUT2D eigenvalue weighted by Gasteiger charge is 2.13. The summed E-state index contributed by atoms with van der Waals surface area (Å²) in [7, 11) is 3.82. The first kappa shape index (κ1) is 20.9. The summed E-state index contributed by atoms with van der Waals surface area (Å²) in [6.07, 6.45) is 6.55. The van der Waals surface area contributed by atoms with E-state index in [0.29, 0.717) is 28.6 Å². The van der Waals surface area contributed by atoms with Gasteiger partial charge in [0.05, 0.1) is 17.5 Å². The number of para-hydroxylation sites is 1. The van der Waals surface area contributed by atoms with Crippen molar-refractivity contribution < 1.29 is 4.79 Å². The minimum atomic E-state index is -0.176. The fraction of sp³-hybridized carbons (Fsp3) is 0.125. The summed E-state index contributed by atoms with van der Waals surface area (Å²) < 4.78 is 0. The number of anilines is 4. The summed E-state index contributed by atoms with van der Waals surface area (Å²) in [6.45, 7) is 1.97. The number of nitrogens with one attached hydrogen (secondary N) is 2. The van der Waals surface area contributed by atoms with Crippen molar-refractivity contribution in [3.8, 4) is 11.4 Å². The Labute approximate surface area is 186 Å². The molecule has 0 saturated carbocycles. The van der Waals surface area contributed by atoms with Gasteiger partial charge in [-0.3, -0.25) is 14.8 Å². The lowest BCUT2D eigenvalue weighted by Crippen LogP contribution is -2.18. The van der Waals surface area contributed by atoms with Crippen LogP contribution in [0.5, 0.6) is 0 Å². The highest BCUT2D eigenvalue weighted by Crippen LogP contribution is 2.25. The predicted octanol–water partition coefficient (Wildman–Crippen LogP) is 4.30. The molecule has 0 bridgehead atoms. The average molecular weight is 425 g/mol. The number of amides is 1. The van der Waals surface area contributed by atoms with E-state index in [2.05, 4.69) is 30.6 Å². The molecular formula is C24H23N7O. The van der Waals surface area contributed by atoms with Crippen LogP contribution in [-0.2, 0) is 0 Å². The molecule has 4 rings (SSSR count). The van der Waals surface area contributed by atoms with Crippen LogP contribution in [-0.4, -0.2) is 39.9 Å². The van der Waals surface area contributed by atoms with Crippen molar-refractivity contribution in [3.63, 3.8) is 0 Å². The molecule has 2 heterocycles. The van der Waals surface area contributed by atoms with Gasteiger partial charge in [0, 0.05) is 49.7 Å². The molecule has 0 fully saturated rings. The number of hydrogen-bond donors (Lipinski definition) is 2. The predicted molar refractivity (Wildman–Crippen MR) is 126 cm³/mol. The summed E-state index contributed by atoms with van der Waals surface area (Å²) in [5.74, 6) is 0.252. The van der Waals surface area contributed by atoms with E-state index in [1.165, 1.54) is 0 Å². The lowest BCUT2D eigenvalue weighted by atomic mass is 10.1. The van der Waals surface area contributed by atoms with E-state index in [1.54, 1.807) is 30.9 Å². The zero-order valence-corrected chi connectivity index (χ0v) is 18.1. The van der Waals surface area contributed by atoms with Gasteiger partial charge in [-0.05, 0) is 42.8 Å². The van der Waals surface area contributed by atoms with Crippen molar-refractivity contribution in [3.05, 3.63) is 84.4 Å². The van der Waals surface area contributed by atoms with Crippen LogP contribution in [0.15, 0.2) is 73.3 Å². The molecule has 0 aliphatic carbocycles. The van der Waals surface area contributed by atoms with Crippen molar-refractivity contribution in [2.45, 2.75) is 6.92 Å². The molecule has 0 saturated heterocycles. The van der Waals surface area contributed by atoms with Crippen LogP contribution >= 0.6 is 0 Å². The van der Waals surface area contributed by atoms with Crippen molar-refractivity contribution in [1.29, 1.82) is 0 Å². The van der Waals surface area contributed by atoms with Gasteiger partial charge in [-0.15, -0.1) is 0 Å². The Morgan fingerprint density at radius 1 is 0.938 bits per heavy atom. The van der Waals surface area contributed by atoms with E-state index in [9.17, 15) is 4.79 Å². The summed E-state index contributed by atoms with van der Waals surface area (Å²) in [4.78, 5) is 32.0. The number of carbonyl (C=O) groups excluding carboxylic acids is 1. The van der Waals surface area contributed by atoms with Crippen LogP contribution in [0.4, 0.5) is 23.0 Å². The summed E-state index contributed by atoms with van der Waals surface area (Å²) in [6, 6.07) is 14.9. The zero-order valence-electron chi connectivity index (χ0n) is 18.1. The van der Waals surface area contributed by atoms with Gasteiger partial charge in [0.1, 0.15) is 5.69 Å². The lowest BCUT2D eigenvalue weighted by Gasteiger charge is -2.17. The first-order chi connectivity index (χ1) is 15.5. The van der Waals surface area contributed by atoms with E-state index in [0.717, 1.165) is 16.9 Å². The molecule has 0 radical (unpaired) electrons. The maximum Gasteiger partial charge on any atom is 0.257 e. The standard InChI is InChI=1S/C24H23N7O/c1-16-8-9-17(28-23(32)18-6-4-5-7-22(18)31(2)3)14-20(16)30-24-27-11-10-19(29-24)21-15-25-12-13-26-21/h4-15H,1-3H3,(H,28,32)(H,27,29,30). The minimum absolute atomic E-state index is 0.176. The van der Waals surface area contributed by atoms with Gasteiger partial charge >= 0.3 is 0 Å². The molecule has 160 valence electrons. The Morgan fingerprint density at radius 3 is 2.56 bits per heavy atom. The molecule has 4 aromatic rings. The third-order valence-corrected chi connectivity index (χ3v) is 4.85. The molecule has 8 nitrogen and oxygen atoms in total. The highest BCUT2D eigenvalue weighted by atomic mass is 16.1. The van der Waals surface area contributed by atoms with Crippen LogP contribution in [0.25, 0.3) is 11.4 Å². The van der Waals surface area contributed by atoms with Crippen LogP contribution < -0.4 is 15.5 Å². The van der Waals surface area contributed by atoms with Crippen molar-refractivity contribution >= 4 is 28.9 Å².